The molecule has 1 aliphatic heterocycles. The van der Waals surface area contributed by atoms with Gasteiger partial charge in [-0.15, -0.1) is 0 Å². The second kappa shape index (κ2) is 8.38. The van der Waals surface area contributed by atoms with Crippen LogP contribution in [0, 0.1) is 6.92 Å². The molecule has 0 fully saturated rings. The van der Waals surface area contributed by atoms with E-state index in [-0.39, 0.29) is 12.3 Å². The Morgan fingerprint density at radius 1 is 1.17 bits per heavy atom. The first-order chi connectivity index (χ1) is 14.0. The number of fused-ring (bicyclic) bond motifs is 1. The number of rotatable bonds is 4. The Labute approximate surface area is 173 Å². The lowest BCUT2D eigenvalue weighted by molar-refractivity contribution is -0.285. The quantitative estimate of drug-likeness (QED) is 0.702. The lowest BCUT2D eigenvalue weighted by Crippen LogP contribution is -2.49. The first kappa shape index (κ1) is 22.3. The number of aryl methyl sites for hydroxylation is 2. The largest absolute Gasteiger partial charge is 0.424 e. The molecule has 0 saturated heterocycles. The van der Waals surface area contributed by atoms with Gasteiger partial charge in [-0.2, -0.15) is 13.2 Å². The van der Waals surface area contributed by atoms with Crippen molar-refractivity contribution in [3.8, 4) is 0 Å². The molecular weight excluding hydrogens is 398 g/mol. The van der Waals surface area contributed by atoms with Crippen LogP contribution in [0.4, 0.5) is 23.2 Å². The molecule has 0 saturated carbocycles. The van der Waals surface area contributed by atoms with Crippen LogP contribution in [0.5, 0.6) is 0 Å². The Morgan fingerprint density at radius 3 is 2.53 bits per heavy atom. The number of hydrogen-bond acceptors (Lipinski definition) is 2. The molecule has 2 aromatic rings. The average molecular weight is 423 g/mol. The zero-order chi connectivity index (χ0) is 22.1. The lowest BCUT2D eigenvalue weighted by Gasteiger charge is -2.33. The number of alkyl halides is 4. The Bertz CT molecular complexity index is 926. The summed E-state index contributed by atoms with van der Waals surface area (Å²) < 4.78 is 54.3. The standard InChI is InChI=1S/C23H25F4NO2/c1-15-6-5-7-17(12-15)13-21(29)28-11-4-3-8-18-14-19(9-10-20(18)28)22(30,16(2)24)23(25,26)27/h5-7,9-10,12,14,16,30H,3-4,8,11,13H2,1-2H3/t16-,22?/m1/s1. The number of anilines is 1. The maximum absolute atomic E-state index is 13.9. The van der Waals surface area contributed by atoms with E-state index >= 15 is 0 Å². The third kappa shape index (κ3) is 4.21. The van der Waals surface area contributed by atoms with Crippen LogP contribution in [0.3, 0.4) is 0 Å². The fraction of sp³-hybridized carbons (Fsp3) is 0.435. The molecular formula is C23H25F4NO2. The normalized spacial score (nSPS) is 17.6. The van der Waals surface area contributed by atoms with Gasteiger partial charge < -0.3 is 10.0 Å². The highest BCUT2D eigenvalue weighted by molar-refractivity contribution is 5.95. The van der Waals surface area contributed by atoms with Crippen LogP contribution < -0.4 is 4.90 Å². The van der Waals surface area contributed by atoms with Crippen LogP contribution in [-0.2, 0) is 23.2 Å². The number of amides is 1. The molecule has 2 aromatic carbocycles. The fourth-order valence-electron chi connectivity index (χ4n) is 3.96. The molecule has 30 heavy (non-hydrogen) atoms. The molecule has 162 valence electrons. The molecule has 1 unspecified atom stereocenters. The van der Waals surface area contributed by atoms with Crippen molar-refractivity contribution in [2.75, 3.05) is 11.4 Å². The molecule has 1 N–H and O–H groups in total. The number of aliphatic hydroxyl groups is 1. The Morgan fingerprint density at radius 2 is 1.90 bits per heavy atom. The maximum atomic E-state index is 13.9. The van der Waals surface area contributed by atoms with Crippen LogP contribution in [0.15, 0.2) is 42.5 Å². The summed E-state index contributed by atoms with van der Waals surface area (Å²) in [5.41, 5.74) is -1.22. The van der Waals surface area contributed by atoms with Crippen LogP contribution in [0.1, 0.15) is 42.0 Å². The lowest BCUT2D eigenvalue weighted by atomic mass is 9.87. The summed E-state index contributed by atoms with van der Waals surface area (Å²) in [7, 11) is 0. The van der Waals surface area contributed by atoms with Gasteiger partial charge in [-0.1, -0.05) is 42.0 Å². The van der Waals surface area contributed by atoms with Crippen molar-refractivity contribution in [3.63, 3.8) is 0 Å². The Balaban J connectivity index is 1.96. The molecule has 0 radical (unpaired) electrons. The maximum Gasteiger partial charge on any atom is 0.424 e. The minimum absolute atomic E-state index is 0.151. The van der Waals surface area contributed by atoms with Gasteiger partial charge in [0.25, 0.3) is 0 Å². The minimum atomic E-state index is -5.17. The summed E-state index contributed by atoms with van der Waals surface area (Å²) in [6.07, 6.45) is -5.70. The van der Waals surface area contributed by atoms with Gasteiger partial charge >= 0.3 is 6.18 Å². The van der Waals surface area contributed by atoms with Crippen molar-refractivity contribution in [1.82, 2.24) is 0 Å². The van der Waals surface area contributed by atoms with Crippen molar-refractivity contribution in [2.45, 2.75) is 57.5 Å². The van der Waals surface area contributed by atoms with Crippen LogP contribution in [-0.4, -0.2) is 29.9 Å². The van der Waals surface area contributed by atoms with Gasteiger partial charge in [0.15, 0.2) is 0 Å². The van der Waals surface area contributed by atoms with Crippen LogP contribution in [0.25, 0.3) is 0 Å². The SMILES string of the molecule is Cc1cccc(CC(=O)N2CCCCc3cc(C(O)([C@@H](C)F)C(F)(F)F)ccc32)c1. The molecule has 3 nitrogen and oxygen atoms in total. The predicted molar refractivity (Wildman–Crippen MR) is 107 cm³/mol. The van der Waals surface area contributed by atoms with Gasteiger partial charge in [0, 0.05) is 12.2 Å². The van der Waals surface area contributed by atoms with E-state index in [9.17, 15) is 27.5 Å². The van der Waals surface area contributed by atoms with Gasteiger partial charge in [-0.05, 0) is 55.9 Å². The second-order valence-corrected chi connectivity index (χ2v) is 7.89. The molecule has 0 aromatic heterocycles. The van der Waals surface area contributed by atoms with Gasteiger partial charge in [0.2, 0.25) is 11.5 Å². The van der Waals surface area contributed by atoms with E-state index in [2.05, 4.69) is 0 Å². The zero-order valence-electron chi connectivity index (χ0n) is 17.0. The first-order valence-corrected chi connectivity index (χ1v) is 9.96. The highest BCUT2D eigenvalue weighted by Gasteiger charge is 2.59. The molecule has 1 amide bonds. The van der Waals surface area contributed by atoms with Gasteiger partial charge in [-0.3, -0.25) is 4.79 Å². The number of carbonyl (C=O) groups is 1. The summed E-state index contributed by atoms with van der Waals surface area (Å²) >= 11 is 0. The third-order valence-corrected chi connectivity index (χ3v) is 5.63. The van der Waals surface area contributed by atoms with E-state index in [0.29, 0.717) is 44.0 Å². The first-order valence-electron chi connectivity index (χ1n) is 9.96. The van der Waals surface area contributed by atoms with E-state index in [1.54, 1.807) is 4.90 Å². The van der Waals surface area contributed by atoms with Gasteiger partial charge in [0.1, 0.15) is 6.17 Å². The molecule has 0 spiro atoms. The van der Waals surface area contributed by atoms with Crippen molar-refractivity contribution in [1.29, 1.82) is 0 Å². The summed E-state index contributed by atoms with van der Waals surface area (Å²) in [5, 5.41) is 10.2. The summed E-state index contributed by atoms with van der Waals surface area (Å²) in [6, 6.07) is 11.2. The molecule has 2 atom stereocenters. The number of halogens is 4. The Kier molecular flexibility index (Phi) is 6.22. The third-order valence-electron chi connectivity index (χ3n) is 5.63. The highest BCUT2D eigenvalue weighted by Crippen LogP contribution is 2.44. The highest BCUT2D eigenvalue weighted by atomic mass is 19.4. The molecule has 1 aliphatic rings. The van der Waals surface area contributed by atoms with E-state index in [0.717, 1.165) is 17.2 Å². The number of benzene rings is 2. The van der Waals surface area contributed by atoms with Crippen molar-refractivity contribution in [2.24, 2.45) is 0 Å². The van der Waals surface area contributed by atoms with Gasteiger partial charge in [0.05, 0.1) is 6.42 Å². The van der Waals surface area contributed by atoms with E-state index < -0.39 is 23.5 Å². The Hall–Kier alpha value is -2.41. The minimum Gasteiger partial charge on any atom is -0.374 e. The monoisotopic (exact) mass is 423 g/mol. The summed E-state index contributed by atoms with van der Waals surface area (Å²) in [5.74, 6) is -0.151. The fourth-order valence-corrected chi connectivity index (χ4v) is 3.96. The number of carbonyl (C=O) groups excluding carboxylic acids is 1. The van der Waals surface area contributed by atoms with E-state index in [1.807, 2.05) is 31.2 Å². The van der Waals surface area contributed by atoms with Crippen molar-refractivity contribution in [3.05, 3.63) is 64.7 Å². The molecule has 3 rings (SSSR count). The molecule has 0 aliphatic carbocycles. The van der Waals surface area contributed by atoms with E-state index in [1.165, 1.54) is 12.1 Å². The van der Waals surface area contributed by atoms with Gasteiger partial charge in [-0.25, -0.2) is 4.39 Å². The summed E-state index contributed by atoms with van der Waals surface area (Å²) in [6.45, 7) is 3.08. The van der Waals surface area contributed by atoms with Crippen LogP contribution in [0.2, 0.25) is 0 Å². The smallest absolute Gasteiger partial charge is 0.374 e. The van der Waals surface area contributed by atoms with Crippen molar-refractivity contribution >= 4 is 11.6 Å². The van der Waals surface area contributed by atoms with Crippen molar-refractivity contribution < 1.29 is 27.5 Å². The molecule has 1 heterocycles. The number of hydrogen-bond donors (Lipinski definition) is 1. The molecule has 0 bridgehead atoms. The zero-order valence-corrected chi connectivity index (χ0v) is 17.0. The predicted octanol–water partition coefficient (Wildman–Crippen LogP) is 5.01. The topological polar surface area (TPSA) is 40.5 Å². The average Bonchev–Trinajstić information content (AvgIpc) is 2.88. The second-order valence-electron chi connectivity index (χ2n) is 7.89. The molecule has 7 heteroatoms. The van der Waals surface area contributed by atoms with E-state index in [4.69, 9.17) is 0 Å². The number of nitrogens with zero attached hydrogens (tertiary/aromatic N) is 1. The summed E-state index contributed by atoms with van der Waals surface area (Å²) in [4.78, 5) is 14.6. The van der Waals surface area contributed by atoms with Crippen LogP contribution >= 0.6 is 0 Å².